The van der Waals surface area contributed by atoms with Gasteiger partial charge >= 0.3 is 0 Å². The Morgan fingerprint density at radius 2 is 1.96 bits per heavy atom. The van der Waals surface area contributed by atoms with Gasteiger partial charge in [-0.05, 0) is 49.9 Å². The summed E-state index contributed by atoms with van der Waals surface area (Å²) in [7, 11) is 1.92. The second-order valence-electron chi connectivity index (χ2n) is 7.01. The number of thioether (sulfide) groups is 1. The summed E-state index contributed by atoms with van der Waals surface area (Å²) in [5.41, 5.74) is 0.949. The normalized spacial score (nSPS) is 21.4. The number of carbonyl (C=O) groups excluding carboxylic acids is 1. The Morgan fingerprint density at radius 3 is 2.65 bits per heavy atom. The van der Waals surface area contributed by atoms with Crippen LogP contribution in [-0.4, -0.2) is 32.0 Å². The second-order valence-corrected chi connectivity index (χ2v) is 8.75. The van der Waals surface area contributed by atoms with E-state index in [-0.39, 0.29) is 11.2 Å². The zero-order chi connectivity index (χ0) is 18.7. The number of amides is 1. The lowest BCUT2D eigenvalue weighted by molar-refractivity contribution is -0.121. The second kappa shape index (κ2) is 8.44. The van der Waals surface area contributed by atoms with Crippen molar-refractivity contribution in [3.63, 3.8) is 0 Å². The monoisotopic (exact) mass is 392 g/mol. The largest absolute Gasteiger partial charge is 0.352 e. The van der Waals surface area contributed by atoms with Gasteiger partial charge in [-0.25, -0.2) is 0 Å². The van der Waals surface area contributed by atoms with Gasteiger partial charge < -0.3 is 9.88 Å². The van der Waals surface area contributed by atoms with Crippen LogP contribution < -0.4 is 5.32 Å². The molecule has 1 fully saturated rings. The molecular weight excluding hydrogens is 368 g/mol. The molecule has 5 nitrogen and oxygen atoms in total. The Labute approximate surface area is 163 Å². The fourth-order valence-corrected chi connectivity index (χ4v) is 4.26. The predicted molar refractivity (Wildman–Crippen MR) is 106 cm³/mol. The number of nitrogens with one attached hydrogen (secondary N) is 1. The standard InChI is InChI=1S/C19H25ClN4OS/c1-12-6-4-5-7-16(12)21-18(25)13(2)26-19-23-22-17(24(19)3)14-8-10-15(20)11-9-14/h8-13,16H,4-7H2,1-3H3,(H,21,25)/t12-,13-,16+/m1/s1. The van der Waals surface area contributed by atoms with Gasteiger partial charge in [-0.2, -0.15) is 0 Å². The van der Waals surface area contributed by atoms with E-state index in [0.29, 0.717) is 17.0 Å². The van der Waals surface area contributed by atoms with E-state index in [1.807, 2.05) is 42.8 Å². The smallest absolute Gasteiger partial charge is 0.233 e. The Morgan fingerprint density at radius 1 is 1.27 bits per heavy atom. The molecule has 1 saturated carbocycles. The SMILES string of the molecule is C[C@@H]1CCCC[C@@H]1NC(=O)[C@@H](C)Sc1nnc(-c2ccc(Cl)cc2)n1C. The first-order valence-corrected chi connectivity index (χ1v) is 10.3. The third-order valence-electron chi connectivity index (χ3n) is 5.03. The van der Waals surface area contributed by atoms with E-state index in [0.717, 1.165) is 23.0 Å². The maximum absolute atomic E-state index is 12.6. The molecule has 0 unspecified atom stereocenters. The minimum absolute atomic E-state index is 0.0739. The molecule has 7 heteroatoms. The average Bonchev–Trinajstić information content (AvgIpc) is 2.98. The summed E-state index contributed by atoms with van der Waals surface area (Å²) >= 11 is 7.38. The van der Waals surface area contributed by atoms with Gasteiger partial charge in [0.2, 0.25) is 5.91 Å². The van der Waals surface area contributed by atoms with Gasteiger partial charge in [0.05, 0.1) is 5.25 Å². The van der Waals surface area contributed by atoms with Crippen molar-refractivity contribution in [1.29, 1.82) is 0 Å². The van der Waals surface area contributed by atoms with E-state index in [9.17, 15) is 4.79 Å². The van der Waals surface area contributed by atoms with Crippen LogP contribution in [0.1, 0.15) is 39.5 Å². The van der Waals surface area contributed by atoms with E-state index in [4.69, 9.17) is 11.6 Å². The molecule has 1 aromatic heterocycles. The molecule has 2 aromatic rings. The van der Waals surface area contributed by atoms with Gasteiger partial charge in [0.1, 0.15) is 0 Å². The lowest BCUT2D eigenvalue weighted by Gasteiger charge is -2.30. The fourth-order valence-electron chi connectivity index (χ4n) is 3.31. The topological polar surface area (TPSA) is 59.8 Å². The van der Waals surface area contributed by atoms with Gasteiger partial charge in [-0.3, -0.25) is 4.79 Å². The Hall–Kier alpha value is -1.53. The van der Waals surface area contributed by atoms with Crippen LogP contribution >= 0.6 is 23.4 Å². The van der Waals surface area contributed by atoms with E-state index >= 15 is 0 Å². The molecule has 0 radical (unpaired) electrons. The van der Waals surface area contributed by atoms with Crippen molar-refractivity contribution < 1.29 is 4.79 Å². The van der Waals surface area contributed by atoms with Crippen molar-refractivity contribution in [3.05, 3.63) is 29.3 Å². The maximum atomic E-state index is 12.6. The van der Waals surface area contributed by atoms with Crippen LogP contribution in [0.25, 0.3) is 11.4 Å². The Kier molecular flexibility index (Phi) is 6.24. The molecule has 1 aliphatic rings. The molecule has 1 heterocycles. The van der Waals surface area contributed by atoms with Crippen LogP contribution in [0.3, 0.4) is 0 Å². The van der Waals surface area contributed by atoms with Crippen LogP contribution in [0.4, 0.5) is 0 Å². The average molecular weight is 393 g/mol. The van der Waals surface area contributed by atoms with Gasteiger partial charge in [0, 0.05) is 23.7 Å². The fraction of sp³-hybridized carbons (Fsp3) is 0.526. The molecule has 140 valence electrons. The highest BCUT2D eigenvalue weighted by Crippen LogP contribution is 2.28. The molecule has 3 atom stereocenters. The third kappa shape index (κ3) is 4.41. The summed E-state index contributed by atoms with van der Waals surface area (Å²) in [4.78, 5) is 12.6. The zero-order valence-electron chi connectivity index (χ0n) is 15.4. The number of hydrogen-bond acceptors (Lipinski definition) is 4. The highest BCUT2D eigenvalue weighted by atomic mass is 35.5. The maximum Gasteiger partial charge on any atom is 0.233 e. The minimum Gasteiger partial charge on any atom is -0.352 e. The van der Waals surface area contributed by atoms with E-state index < -0.39 is 0 Å². The van der Waals surface area contributed by atoms with E-state index in [1.54, 1.807) is 0 Å². The molecule has 26 heavy (non-hydrogen) atoms. The molecule has 1 N–H and O–H groups in total. The predicted octanol–water partition coefficient (Wildman–Crippen LogP) is 4.31. The Bertz CT molecular complexity index is 761. The summed E-state index contributed by atoms with van der Waals surface area (Å²) < 4.78 is 1.92. The molecule has 0 bridgehead atoms. The van der Waals surface area contributed by atoms with Crippen LogP contribution in [0.15, 0.2) is 29.4 Å². The molecule has 0 spiro atoms. The van der Waals surface area contributed by atoms with Crippen LogP contribution in [0, 0.1) is 5.92 Å². The molecule has 1 aliphatic carbocycles. The number of carbonyl (C=O) groups is 1. The summed E-state index contributed by atoms with van der Waals surface area (Å²) in [6.07, 6.45) is 4.74. The molecule has 1 aromatic carbocycles. The number of benzene rings is 1. The van der Waals surface area contributed by atoms with Crippen LogP contribution in [0.2, 0.25) is 5.02 Å². The van der Waals surface area contributed by atoms with Gasteiger partial charge in [0.25, 0.3) is 0 Å². The minimum atomic E-state index is -0.218. The number of rotatable bonds is 5. The third-order valence-corrected chi connectivity index (χ3v) is 6.41. The molecule has 0 aliphatic heterocycles. The molecule has 0 saturated heterocycles. The summed E-state index contributed by atoms with van der Waals surface area (Å²) in [5.74, 6) is 1.39. The molecule has 3 rings (SSSR count). The van der Waals surface area contributed by atoms with E-state index in [1.165, 1.54) is 31.0 Å². The molecule has 1 amide bonds. The van der Waals surface area contributed by atoms with Crippen molar-refractivity contribution in [1.82, 2.24) is 20.1 Å². The first-order chi connectivity index (χ1) is 12.5. The van der Waals surface area contributed by atoms with Crippen molar-refractivity contribution in [2.75, 3.05) is 0 Å². The lowest BCUT2D eigenvalue weighted by Crippen LogP contribution is -2.44. The summed E-state index contributed by atoms with van der Waals surface area (Å²) in [5, 5.41) is 13.0. The zero-order valence-corrected chi connectivity index (χ0v) is 17.0. The first kappa shape index (κ1) is 19.2. The Balaban J connectivity index is 1.65. The lowest BCUT2D eigenvalue weighted by atomic mass is 9.86. The van der Waals surface area contributed by atoms with Gasteiger partial charge in [0.15, 0.2) is 11.0 Å². The van der Waals surface area contributed by atoms with Crippen LogP contribution in [0.5, 0.6) is 0 Å². The highest BCUT2D eigenvalue weighted by molar-refractivity contribution is 8.00. The number of nitrogens with zero attached hydrogens (tertiary/aromatic N) is 3. The highest BCUT2D eigenvalue weighted by Gasteiger charge is 2.26. The van der Waals surface area contributed by atoms with Crippen molar-refractivity contribution in [3.8, 4) is 11.4 Å². The van der Waals surface area contributed by atoms with Crippen molar-refractivity contribution in [2.24, 2.45) is 13.0 Å². The summed E-state index contributed by atoms with van der Waals surface area (Å²) in [6.45, 7) is 4.15. The van der Waals surface area contributed by atoms with Gasteiger partial charge in [-0.1, -0.05) is 43.1 Å². The van der Waals surface area contributed by atoms with E-state index in [2.05, 4.69) is 22.4 Å². The van der Waals surface area contributed by atoms with Crippen molar-refractivity contribution >= 4 is 29.3 Å². The first-order valence-electron chi connectivity index (χ1n) is 9.08. The van der Waals surface area contributed by atoms with Gasteiger partial charge in [-0.15, -0.1) is 10.2 Å². The number of halogens is 1. The number of hydrogen-bond donors (Lipinski definition) is 1. The quantitative estimate of drug-likeness (QED) is 0.770. The van der Waals surface area contributed by atoms with Crippen LogP contribution in [-0.2, 0) is 11.8 Å². The van der Waals surface area contributed by atoms with Crippen molar-refractivity contribution in [2.45, 2.75) is 56.0 Å². The summed E-state index contributed by atoms with van der Waals surface area (Å²) in [6, 6.07) is 7.80. The molecular formula is C19H25ClN4OS. The number of aromatic nitrogens is 3.